The Hall–Kier alpha value is -4.13. The van der Waals surface area contributed by atoms with Gasteiger partial charge in [0.25, 0.3) is 5.91 Å². The van der Waals surface area contributed by atoms with Crippen molar-refractivity contribution in [2.75, 3.05) is 10.6 Å². The van der Waals surface area contributed by atoms with Gasteiger partial charge in [-0.3, -0.25) is 4.79 Å². The molecule has 7 nitrogen and oxygen atoms in total. The fraction of sp³-hybridized carbons (Fsp3) is 0.0870. The standard InChI is InChI=1S/C23H20N6O/c1-15-5-3-4-6-19(15)22(30)27-18-8-7-16(2)21(11-18)29-23-26-10-9-20(28-23)17-12-24-14-25-13-17/h3-14H,1-2H3,(H,27,30)(H,26,28,29). The number of hydrogen-bond donors (Lipinski definition) is 2. The van der Waals surface area contributed by atoms with Crippen LogP contribution < -0.4 is 10.6 Å². The molecule has 2 aromatic carbocycles. The van der Waals surface area contributed by atoms with E-state index in [2.05, 4.69) is 30.6 Å². The number of amides is 1. The third kappa shape index (κ3) is 4.30. The van der Waals surface area contributed by atoms with E-state index in [-0.39, 0.29) is 5.91 Å². The average molecular weight is 396 g/mol. The van der Waals surface area contributed by atoms with E-state index >= 15 is 0 Å². The maximum absolute atomic E-state index is 12.6. The molecule has 0 saturated heterocycles. The quantitative estimate of drug-likeness (QED) is 0.514. The van der Waals surface area contributed by atoms with Crippen LogP contribution in [0.1, 0.15) is 21.5 Å². The topological polar surface area (TPSA) is 92.7 Å². The van der Waals surface area contributed by atoms with Crippen LogP contribution in [0.15, 0.2) is 73.4 Å². The van der Waals surface area contributed by atoms with Crippen molar-refractivity contribution >= 4 is 23.2 Å². The van der Waals surface area contributed by atoms with Crippen LogP contribution in [0.2, 0.25) is 0 Å². The lowest BCUT2D eigenvalue weighted by Crippen LogP contribution is -2.13. The first-order valence-corrected chi connectivity index (χ1v) is 9.43. The highest BCUT2D eigenvalue weighted by Gasteiger charge is 2.10. The smallest absolute Gasteiger partial charge is 0.255 e. The predicted molar refractivity (Wildman–Crippen MR) is 117 cm³/mol. The fourth-order valence-corrected chi connectivity index (χ4v) is 2.99. The molecule has 0 bridgehead atoms. The molecule has 0 atom stereocenters. The number of carbonyl (C=O) groups is 1. The summed E-state index contributed by atoms with van der Waals surface area (Å²) in [5, 5.41) is 6.19. The van der Waals surface area contributed by atoms with Gasteiger partial charge in [0.2, 0.25) is 5.95 Å². The molecular weight excluding hydrogens is 376 g/mol. The summed E-state index contributed by atoms with van der Waals surface area (Å²) >= 11 is 0. The van der Waals surface area contributed by atoms with E-state index in [9.17, 15) is 4.79 Å². The number of carbonyl (C=O) groups excluding carboxylic acids is 1. The van der Waals surface area contributed by atoms with Crippen molar-refractivity contribution in [2.24, 2.45) is 0 Å². The fourth-order valence-electron chi connectivity index (χ4n) is 2.99. The van der Waals surface area contributed by atoms with Crippen molar-refractivity contribution in [3.8, 4) is 11.3 Å². The summed E-state index contributed by atoms with van der Waals surface area (Å²) in [6.45, 7) is 3.89. The second-order valence-electron chi connectivity index (χ2n) is 6.82. The Morgan fingerprint density at radius 2 is 1.73 bits per heavy atom. The molecule has 2 aromatic heterocycles. The number of benzene rings is 2. The molecular formula is C23H20N6O. The summed E-state index contributed by atoms with van der Waals surface area (Å²) < 4.78 is 0. The highest BCUT2D eigenvalue weighted by molar-refractivity contribution is 6.05. The van der Waals surface area contributed by atoms with Crippen LogP contribution in [-0.2, 0) is 0 Å². The zero-order valence-electron chi connectivity index (χ0n) is 16.6. The maximum atomic E-state index is 12.6. The lowest BCUT2D eigenvalue weighted by molar-refractivity contribution is 0.102. The summed E-state index contributed by atoms with van der Waals surface area (Å²) in [5.74, 6) is 0.298. The van der Waals surface area contributed by atoms with E-state index in [0.717, 1.165) is 28.1 Å². The molecule has 148 valence electrons. The highest BCUT2D eigenvalue weighted by Crippen LogP contribution is 2.24. The van der Waals surface area contributed by atoms with E-state index in [0.29, 0.717) is 17.2 Å². The molecule has 0 aliphatic rings. The van der Waals surface area contributed by atoms with Gasteiger partial charge in [0.15, 0.2) is 0 Å². The van der Waals surface area contributed by atoms with E-state index in [1.165, 1.54) is 6.33 Å². The molecule has 0 spiro atoms. The van der Waals surface area contributed by atoms with Crippen LogP contribution in [0.4, 0.5) is 17.3 Å². The minimum Gasteiger partial charge on any atom is -0.324 e. The molecule has 1 amide bonds. The number of nitrogens with one attached hydrogen (secondary N) is 2. The highest BCUT2D eigenvalue weighted by atomic mass is 16.1. The van der Waals surface area contributed by atoms with E-state index < -0.39 is 0 Å². The Morgan fingerprint density at radius 1 is 0.933 bits per heavy atom. The van der Waals surface area contributed by atoms with E-state index in [1.807, 2.05) is 56.3 Å². The van der Waals surface area contributed by atoms with E-state index in [1.54, 1.807) is 24.7 Å². The van der Waals surface area contributed by atoms with Crippen molar-refractivity contribution < 1.29 is 4.79 Å². The Balaban J connectivity index is 1.56. The van der Waals surface area contributed by atoms with Crippen molar-refractivity contribution in [3.63, 3.8) is 0 Å². The summed E-state index contributed by atoms with van der Waals surface area (Å²) in [6, 6.07) is 15.0. The van der Waals surface area contributed by atoms with Crippen LogP contribution >= 0.6 is 0 Å². The lowest BCUT2D eigenvalue weighted by Gasteiger charge is -2.12. The van der Waals surface area contributed by atoms with Gasteiger partial charge < -0.3 is 10.6 Å². The van der Waals surface area contributed by atoms with Crippen molar-refractivity contribution in [1.29, 1.82) is 0 Å². The largest absolute Gasteiger partial charge is 0.324 e. The number of nitrogens with zero attached hydrogens (tertiary/aromatic N) is 4. The summed E-state index contributed by atoms with van der Waals surface area (Å²) in [7, 11) is 0. The van der Waals surface area contributed by atoms with Crippen LogP contribution in [0.5, 0.6) is 0 Å². The molecule has 0 unspecified atom stereocenters. The Bertz CT molecular complexity index is 1190. The zero-order chi connectivity index (χ0) is 20.9. The summed E-state index contributed by atoms with van der Waals surface area (Å²) in [6.07, 6.45) is 6.55. The van der Waals surface area contributed by atoms with Gasteiger partial charge in [0.1, 0.15) is 6.33 Å². The Morgan fingerprint density at radius 3 is 2.53 bits per heavy atom. The van der Waals surface area contributed by atoms with Gasteiger partial charge in [-0.15, -0.1) is 0 Å². The normalized spacial score (nSPS) is 10.5. The molecule has 4 aromatic rings. The van der Waals surface area contributed by atoms with Crippen molar-refractivity contribution in [2.45, 2.75) is 13.8 Å². The first-order valence-electron chi connectivity index (χ1n) is 9.43. The molecule has 0 aliphatic carbocycles. The van der Waals surface area contributed by atoms with Gasteiger partial charge in [-0.05, 0) is 49.2 Å². The van der Waals surface area contributed by atoms with Crippen molar-refractivity contribution in [1.82, 2.24) is 19.9 Å². The molecule has 30 heavy (non-hydrogen) atoms. The molecule has 0 saturated carbocycles. The summed E-state index contributed by atoms with van der Waals surface area (Å²) in [4.78, 5) is 29.5. The Labute approximate surface area is 174 Å². The molecule has 0 radical (unpaired) electrons. The number of anilines is 3. The van der Waals surface area contributed by atoms with Gasteiger partial charge in [-0.2, -0.15) is 0 Å². The van der Waals surface area contributed by atoms with Gasteiger partial charge >= 0.3 is 0 Å². The third-order valence-corrected chi connectivity index (χ3v) is 4.64. The monoisotopic (exact) mass is 396 g/mol. The molecule has 4 rings (SSSR count). The van der Waals surface area contributed by atoms with Crippen molar-refractivity contribution in [3.05, 3.63) is 90.1 Å². The second kappa shape index (κ2) is 8.48. The SMILES string of the molecule is Cc1ccc(NC(=O)c2ccccc2C)cc1Nc1nccc(-c2cncnc2)n1. The molecule has 7 heteroatoms. The van der Waals surface area contributed by atoms with Crippen LogP contribution in [-0.4, -0.2) is 25.8 Å². The van der Waals surface area contributed by atoms with Crippen LogP contribution in [0, 0.1) is 13.8 Å². The number of aromatic nitrogens is 4. The average Bonchev–Trinajstić information content (AvgIpc) is 2.77. The number of aryl methyl sites for hydroxylation is 2. The molecule has 2 heterocycles. The first kappa shape index (κ1) is 19.2. The second-order valence-corrected chi connectivity index (χ2v) is 6.82. The van der Waals surface area contributed by atoms with Crippen LogP contribution in [0.3, 0.4) is 0 Å². The minimum atomic E-state index is -0.148. The molecule has 2 N–H and O–H groups in total. The van der Waals surface area contributed by atoms with E-state index in [4.69, 9.17) is 0 Å². The maximum Gasteiger partial charge on any atom is 0.255 e. The molecule has 0 aliphatic heterocycles. The third-order valence-electron chi connectivity index (χ3n) is 4.64. The van der Waals surface area contributed by atoms with Gasteiger partial charge in [0, 0.05) is 41.1 Å². The number of hydrogen-bond acceptors (Lipinski definition) is 6. The van der Waals surface area contributed by atoms with Gasteiger partial charge in [0.05, 0.1) is 5.69 Å². The lowest BCUT2D eigenvalue weighted by atomic mass is 10.1. The van der Waals surface area contributed by atoms with Crippen LogP contribution in [0.25, 0.3) is 11.3 Å². The zero-order valence-corrected chi connectivity index (χ0v) is 16.6. The van der Waals surface area contributed by atoms with Gasteiger partial charge in [-0.25, -0.2) is 19.9 Å². The first-order chi connectivity index (χ1) is 14.6. The predicted octanol–water partition coefficient (Wildman–Crippen LogP) is 4.55. The molecule has 0 fully saturated rings. The minimum absolute atomic E-state index is 0.148. The van der Waals surface area contributed by atoms with Gasteiger partial charge in [-0.1, -0.05) is 24.3 Å². The summed E-state index contributed by atoms with van der Waals surface area (Å²) in [5.41, 5.74) is 5.59. The number of rotatable bonds is 5. The Kier molecular flexibility index (Phi) is 5.43.